The molecule has 9 heteroatoms. The van der Waals surface area contributed by atoms with Crippen molar-refractivity contribution in [1.82, 2.24) is 9.78 Å². The predicted molar refractivity (Wildman–Crippen MR) is 101 cm³/mol. The molecule has 0 spiro atoms. The van der Waals surface area contributed by atoms with Crippen molar-refractivity contribution in [2.45, 2.75) is 12.7 Å². The van der Waals surface area contributed by atoms with E-state index in [4.69, 9.17) is 11.6 Å². The van der Waals surface area contributed by atoms with Gasteiger partial charge in [-0.2, -0.15) is 18.3 Å². The minimum absolute atomic E-state index is 0.148. The number of benzene rings is 3. The molecule has 4 aromatic rings. The van der Waals surface area contributed by atoms with Gasteiger partial charge in [0.15, 0.2) is 0 Å². The Bertz CT molecular complexity index is 1220. The monoisotopic (exact) mass is 440 g/mol. The van der Waals surface area contributed by atoms with Crippen molar-refractivity contribution in [3.8, 4) is 11.3 Å². The van der Waals surface area contributed by atoms with Crippen LogP contribution >= 0.6 is 11.6 Å². The third kappa shape index (κ3) is 3.63. The first-order valence-corrected chi connectivity index (χ1v) is 8.99. The van der Waals surface area contributed by atoms with Crippen LogP contribution in [0.5, 0.6) is 0 Å². The van der Waals surface area contributed by atoms with Crippen LogP contribution in [0.25, 0.3) is 22.2 Å². The number of nitrogens with zero attached hydrogens (tertiary/aromatic N) is 2. The Balaban J connectivity index is 1.99. The molecule has 4 rings (SSSR count). The van der Waals surface area contributed by atoms with Crippen LogP contribution in [0.4, 0.5) is 26.3 Å². The molecule has 0 N–H and O–H groups in total. The molecule has 0 bridgehead atoms. The number of hydrogen-bond acceptors (Lipinski definition) is 1. The van der Waals surface area contributed by atoms with Crippen molar-refractivity contribution < 1.29 is 26.3 Å². The van der Waals surface area contributed by atoms with Gasteiger partial charge in [-0.15, -0.1) is 0 Å². The number of hydrogen-bond donors (Lipinski definition) is 0. The molecule has 3 aromatic carbocycles. The summed E-state index contributed by atoms with van der Waals surface area (Å²) in [7, 11) is 0. The van der Waals surface area contributed by atoms with Crippen molar-refractivity contribution in [3.05, 3.63) is 88.2 Å². The van der Waals surface area contributed by atoms with E-state index < -0.39 is 41.3 Å². The van der Waals surface area contributed by atoms with E-state index in [1.165, 1.54) is 24.3 Å². The summed E-state index contributed by atoms with van der Waals surface area (Å²) >= 11 is 5.90. The van der Waals surface area contributed by atoms with E-state index >= 15 is 0 Å². The first-order valence-electron chi connectivity index (χ1n) is 8.61. The average molecular weight is 441 g/mol. The van der Waals surface area contributed by atoms with Gasteiger partial charge in [0.1, 0.15) is 23.0 Å². The fourth-order valence-corrected chi connectivity index (χ4v) is 3.41. The van der Waals surface area contributed by atoms with Crippen LogP contribution in [-0.4, -0.2) is 9.78 Å². The summed E-state index contributed by atoms with van der Waals surface area (Å²) in [6.45, 7) is -0.540. The highest BCUT2D eigenvalue weighted by Crippen LogP contribution is 2.38. The van der Waals surface area contributed by atoms with Gasteiger partial charge in [-0.1, -0.05) is 35.9 Å². The van der Waals surface area contributed by atoms with Gasteiger partial charge < -0.3 is 0 Å². The van der Waals surface area contributed by atoms with Gasteiger partial charge in [0, 0.05) is 33.7 Å². The lowest BCUT2D eigenvalue weighted by atomic mass is 10.0. The fourth-order valence-electron chi connectivity index (χ4n) is 3.28. The Morgan fingerprint density at radius 2 is 1.53 bits per heavy atom. The van der Waals surface area contributed by atoms with E-state index in [0.29, 0.717) is 22.7 Å². The Hall–Kier alpha value is -3.00. The quantitative estimate of drug-likeness (QED) is 0.319. The SMILES string of the molecule is Fc1cc(F)c(Cn2nc3c(C(F)(F)F)cccc3c2-c2ccc(Cl)cc2)c(F)c1. The Kier molecular flexibility index (Phi) is 4.97. The van der Waals surface area contributed by atoms with E-state index in [-0.39, 0.29) is 16.6 Å². The lowest BCUT2D eigenvalue weighted by molar-refractivity contribution is -0.136. The fraction of sp³-hybridized carbons (Fsp3) is 0.0952. The smallest absolute Gasteiger partial charge is 0.259 e. The van der Waals surface area contributed by atoms with Crippen LogP contribution in [0.1, 0.15) is 11.1 Å². The van der Waals surface area contributed by atoms with E-state index in [1.54, 1.807) is 12.1 Å². The van der Waals surface area contributed by atoms with Gasteiger partial charge in [-0.3, -0.25) is 4.68 Å². The summed E-state index contributed by atoms with van der Waals surface area (Å²) in [5.74, 6) is -3.42. The minimum atomic E-state index is -4.68. The van der Waals surface area contributed by atoms with Crippen LogP contribution in [0.2, 0.25) is 5.02 Å². The Morgan fingerprint density at radius 1 is 0.900 bits per heavy atom. The maximum Gasteiger partial charge on any atom is 0.418 e. The summed E-state index contributed by atoms with van der Waals surface area (Å²) in [6.07, 6.45) is -4.68. The van der Waals surface area contributed by atoms with E-state index in [2.05, 4.69) is 5.10 Å². The molecule has 2 nitrogen and oxygen atoms in total. The van der Waals surface area contributed by atoms with E-state index in [0.717, 1.165) is 10.7 Å². The first-order chi connectivity index (χ1) is 14.1. The van der Waals surface area contributed by atoms with Crippen LogP contribution in [0.3, 0.4) is 0 Å². The van der Waals surface area contributed by atoms with E-state index in [9.17, 15) is 26.3 Å². The lowest BCUT2D eigenvalue weighted by Gasteiger charge is -2.10. The number of halogens is 7. The zero-order valence-electron chi connectivity index (χ0n) is 14.9. The molecule has 0 aliphatic heterocycles. The van der Waals surface area contributed by atoms with Crippen molar-refractivity contribution >= 4 is 22.5 Å². The lowest BCUT2D eigenvalue weighted by Crippen LogP contribution is -2.09. The van der Waals surface area contributed by atoms with Gasteiger partial charge in [0.2, 0.25) is 0 Å². The largest absolute Gasteiger partial charge is 0.418 e. The highest BCUT2D eigenvalue weighted by atomic mass is 35.5. The number of alkyl halides is 3. The van der Waals surface area contributed by atoms with Crippen LogP contribution in [0.15, 0.2) is 54.6 Å². The molecule has 0 saturated heterocycles. The van der Waals surface area contributed by atoms with Crippen molar-refractivity contribution in [2.75, 3.05) is 0 Å². The molecular formula is C21H11ClF6N2. The molecule has 0 aliphatic rings. The Labute approximate surface area is 171 Å². The summed E-state index contributed by atoms with van der Waals surface area (Å²) < 4.78 is 83.1. The van der Waals surface area contributed by atoms with Crippen LogP contribution < -0.4 is 0 Å². The second-order valence-electron chi connectivity index (χ2n) is 6.56. The Morgan fingerprint density at radius 3 is 2.13 bits per heavy atom. The zero-order chi connectivity index (χ0) is 21.6. The number of fused-ring (bicyclic) bond motifs is 1. The average Bonchev–Trinajstić information content (AvgIpc) is 3.02. The molecule has 0 fully saturated rings. The third-order valence-corrected chi connectivity index (χ3v) is 4.86. The molecule has 0 atom stereocenters. The third-order valence-electron chi connectivity index (χ3n) is 4.61. The molecule has 1 aromatic heterocycles. The molecule has 30 heavy (non-hydrogen) atoms. The molecule has 0 aliphatic carbocycles. The minimum Gasteiger partial charge on any atom is -0.259 e. The second-order valence-corrected chi connectivity index (χ2v) is 7.00. The van der Waals surface area contributed by atoms with Crippen molar-refractivity contribution in [3.63, 3.8) is 0 Å². The number of aromatic nitrogens is 2. The van der Waals surface area contributed by atoms with Crippen LogP contribution in [0, 0.1) is 17.5 Å². The molecule has 0 amide bonds. The molecule has 0 radical (unpaired) electrons. The van der Waals surface area contributed by atoms with Gasteiger partial charge in [-0.05, 0) is 18.2 Å². The first kappa shape index (κ1) is 20.3. The number of rotatable bonds is 3. The molecule has 154 valence electrons. The summed E-state index contributed by atoms with van der Waals surface area (Å²) in [6, 6.07) is 10.8. The van der Waals surface area contributed by atoms with Gasteiger partial charge >= 0.3 is 6.18 Å². The summed E-state index contributed by atoms with van der Waals surface area (Å²) in [4.78, 5) is 0. The highest BCUT2D eigenvalue weighted by molar-refractivity contribution is 6.30. The molecule has 0 unspecified atom stereocenters. The summed E-state index contributed by atoms with van der Waals surface area (Å²) in [5, 5.41) is 4.57. The van der Waals surface area contributed by atoms with Gasteiger partial charge in [0.25, 0.3) is 0 Å². The molecule has 0 saturated carbocycles. The topological polar surface area (TPSA) is 17.8 Å². The zero-order valence-corrected chi connectivity index (χ0v) is 15.7. The normalized spacial score (nSPS) is 12.0. The highest BCUT2D eigenvalue weighted by Gasteiger charge is 2.34. The van der Waals surface area contributed by atoms with Crippen LogP contribution in [-0.2, 0) is 12.7 Å². The van der Waals surface area contributed by atoms with Gasteiger partial charge in [0.05, 0.1) is 17.8 Å². The molecular weight excluding hydrogens is 430 g/mol. The van der Waals surface area contributed by atoms with Crippen molar-refractivity contribution in [1.29, 1.82) is 0 Å². The van der Waals surface area contributed by atoms with Gasteiger partial charge in [-0.25, -0.2) is 13.2 Å². The molecule has 1 heterocycles. The maximum absolute atomic E-state index is 14.2. The standard InChI is InChI=1S/C21H11ClF6N2/c22-12-6-4-11(5-7-12)20-14-2-1-3-16(21(26,27)28)19(14)29-30(20)10-15-17(24)8-13(23)9-18(15)25/h1-9H,10H2. The summed E-state index contributed by atoms with van der Waals surface area (Å²) in [5.41, 5.74) is -1.19. The van der Waals surface area contributed by atoms with Crippen molar-refractivity contribution in [2.24, 2.45) is 0 Å². The van der Waals surface area contributed by atoms with E-state index in [1.807, 2.05) is 0 Å². The second kappa shape index (κ2) is 7.36. The maximum atomic E-state index is 14.2. The predicted octanol–water partition coefficient (Wildman–Crippen LogP) is 6.84.